The van der Waals surface area contributed by atoms with Crippen molar-refractivity contribution in [1.29, 1.82) is 0 Å². The fourth-order valence-corrected chi connectivity index (χ4v) is 2.72. The lowest BCUT2D eigenvalue weighted by molar-refractivity contribution is 0.144. The minimum atomic E-state index is 0.172. The Bertz CT molecular complexity index is 649. The van der Waals surface area contributed by atoms with Crippen LogP contribution in [0.2, 0.25) is 0 Å². The second-order valence-corrected chi connectivity index (χ2v) is 5.98. The second kappa shape index (κ2) is 11.2. The van der Waals surface area contributed by atoms with Crippen molar-refractivity contribution in [3.63, 3.8) is 0 Å². The molecule has 1 heterocycles. The highest BCUT2D eigenvalue weighted by molar-refractivity contribution is 5.91. The molecule has 1 aromatic rings. The molecule has 26 heavy (non-hydrogen) atoms. The molecule has 140 valence electrons. The summed E-state index contributed by atoms with van der Waals surface area (Å²) in [4.78, 5) is 10.7. The summed E-state index contributed by atoms with van der Waals surface area (Å²) < 4.78 is 11.6. The zero-order chi connectivity index (χ0) is 18.6. The van der Waals surface area contributed by atoms with Gasteiger partial charge in [-0.1, -0.05) is 18.7 Å². The number of ether oxygens (including phenoxy) is 2. The molecule has 0 aromatic heterocycles. The molecule has 0 radical (unpaired) electrons. The molecule has 1 aliphatic heterocycles. The smallest absolute Gasteiger partial charge is 0.220 e. The number of nitrogens with zero attached hydrogens (tertiary/aromatic N) is 3. The highest BCUT2D eigenvalue weighted by Gasteiger charge is 2.12. The number of nitrogens with two attached hydrogens (primary N) is 1. The van der Waals surface area contributed by atoms with Crippen molar-refractivity contribution in [3.8, 4) is 5.75 Å². The number of guanidine groups is 1. The van der Waals surface area contributed by atoms with E-state index in [2.05, 4.69) is 28.0 Å². The van der Waals surface area contributed by atoms with Gasteiger partial charge < -0.3 is 15.2 Å². The summed E-state index contributed by atoms with van der Waals surface area (Å²) in [6, 6.07) is 5.67. The zero-order valence-corrected chi connectivity index (χ0v) is 15.3. The fourth-order valence-electron chi connectivity index (χ4n) is 2.72. The van der Waals surface area contributed by atoms with Gasteiger partial charge in [0.1, 0.15) is 12.4 Å². The summed E-state index contributed by atoms with van der Waals surface area (Å²) in [6.45, 7) is 12.1. The monoisotopic (exact) mass is 356 g/mol. The third-order valence-electron chi connectivity index (χ3n) is 3.96. The molecule has 6 heteroatoms. The van der Waals surface area contributed by atoms with Crippen LogP contribution in [0.3, 0.4) is 0 Å². The lowest BCUT2D eigenvalue weighted by atomic mass is 10.2. The van der Waals surface area contributed by atoms with Crippen LogP contribution in [0.5, 0.6) is 5.75 Å². The Labute approximate surface area is 155 Å². The van der Waals surface area contributed by atoms with Gasteiger partial charge in [0, 0.05) is 18.3 Å². The molecule has 1 saturated heterocycles. The van der Waals surface area contributed by atoms with E-state index in [4.69, 9.17) is 15.2 Å². The molecule has 0 spiro atoms. The standard InChI is InChI=1S/C20H28N4O2/c1-3-9-22-20(21)23-18-7-8-19(17(15-18)16-25-13-4-2)26-14-12-24-10-5-6-11-24/h3-4,7-9,15H,1-2,5-6,10-14,16H2,(H2,21,23)/b22-9+. The Hall–Kier alpha value is -2.44. The molecule has 0 aliphatic carbocycles. The predicted molar refractivity (Wildman–Crippen MR) is 107 cm³/mol. The number of benzene rings is 1. The van der Waals surface area contributed by atoms with Crippen LogP contribution in [0, 0.1) is 0 Å². The van der Waals surface area contributed by atoms with Crippen molar-refractivity contribution < 1.29 is 9.47 Å². The minimum absolute atomic E-state index is 0.172. The average Bonchev–Trinajstić information content (AvgIpc) is 3.15. The highest BCUT2D eigenvalue weighted by atomic mass is 16.5. The molecular formula is C20H28N4O2. The number of hydrogen-bond donors (Lipinski definition) is 1. The normalized spacial score (nSPS) is 15.5. The number of rotatable bonds is 10. The van der Waals surface area contributed by atoms with Crippen LogP contribution < -0.4 is 10.5 Å². The number of allylic oxidation sites excluding steroid dienone is 1. The Morgan fingerprint density at radius 2 is 2.08 bits per heavy atom. The molecule has 1 aromatic carbocycles. The maximum Gasteiger partial charge on any atom is 0.220 e. The number of hydrogen-bond acceptors (Lipinski definition) is 4. The van der Waals surface area contributed by atoms with Crippen LogP contribution in [0.1, 0.15) is 18.4 Å². The largest absolute Gasteiger partial charge is 0.492 e. The van der Waals surface area contributed by atoms with Gasteiger partial charge in [-0.2, -0.15) is 0 Å². The lowest BCUT2D eigenvalue weighted by Gasteiger charge is -2.17. The van der Waals surface area contributed by atoms with E-state index in [9.17, 15) is 0 Å². The first-order valence-electron chi connectivity index (χ1n) is 8.89. The molecular weight excluding hydrogens is 328 g/mol. The van der Waals surface area contributed by atoms with Crippen LogP contribution in [0.4, 0.5) is 5.69 Å². The third-order valence-corrected chi connectivity index (χ3v) is 3.96. The Morgan fingerprint density at radius 3 is 2.81 bits per heavy atom. The van der Waals surface area contributed by atoms with E-state index in [1.165, 1.54) is 19.1 Å². The third kappa shape index (κ3) is 6.82. The van der Waals surface area contributed by atoms with Gasteiger partial charge in [0.05, 0.1) is 18.9 Å². The van der Waals surface area contributed by atoms with Crippen LogP contribution in [-0.2, 0) is 11.3 Å². The molecule has 0 amide bonds. The van der Waals surface area contributed by atoms with E-state index in [0.717, 1.165) is 30.9 Å². The van der Waals surface area contributed by atoms with Gasteiger partial charge in [0.15, 0.2) is 0 Å². The van der Waals surface area contributed by atoms with Crippen molar-refractivity contribution in [1.82, 2.24) is 4.90 Å². The van der Waals surface area contributed by atoms with E-state index in [1.807, 2.05) is 18.2 Å². The predicted octanol–water partition coefficient (Wildman–Crippen LogP) is 3.07. The topological polar surface area (TPSA) is 72.4 Å². The SMILES string of the molecule is C=C/C=N/C(N)=Nc1ccc(OCCN2CCCC2)c(COCC=C)c1. The molecule has 1 fully saturated rings. The van der Waals surface area contributed by atoms with E-state index in [0.29, 0.717) is 25.5 Å². The summed E-state index contributed by atoms with van der Waals surface area (Å²) >= 11 is 0. The van der Waals surface area contributed by atoms with Crippen molar-refractivity contribution in [2.75, 3.05) is 32.8 Å². The summed E-state index contributed by atoms with van der Waals surface area (Å²) in [5, 5.41) is 0. The Morgan fingerprint density at radius 1 is 1.27 bits per heavy atom. The molecule has 0 saturated carbocycles. The molecule has 0 atom stereocenters. The second-order valence-electron chi connectivity index (χ2n) is 5.98. The number of aliphatic imine (C=N–C) groups is 2. The first kappa shape index (κ1) is 19.9. The van der Waals surface area contributed by atoms with Gasteiger partial charge in [-0.25, -0.2) is 9.98 Å². The molecule has 1 aliphatic rings. The fraction of sp³-hybridized carbons (Fsp3) is 0.400. The number of likely N-dealkylation sites (tertiary alicyclic amines) is 1. The van der Waals surface area contributed by atoms with Crippen molar-refractivity contribution in [3.05, 3.63) is 49.1 Å². The first-order chi connectivity index (χ1) is 12.7. The Balaban J connectivity index is 2.05. The summed E-state index contributed by atoms with van der Waals surface area (Å²) in [5.74, 6) is 0.978. The van der Waals surface area contributed by atoms with Crippen LogP contribution >= 0.6 is 0 Å². The van der Waals surface area contributed by atoms with Crippen LogP contribution in [0.15, 0.2) is 53.5 Å². The summed E-state index contributed by atoms with van der Waals surface area (Å²) in [6.07, 6.45) is 7.33. The van der Waals surface area contributed by atoms with Crippen LogP contribution in [-0.4, -0.2) is 49.9 Å². The van der Waals surface area contributed by atoms with E-state index in [-0.39, 0.29) is 5.96 Å². The van der Waals surface area contributed by atoms with Gasteiger partial charge in [0.2, 0.25) is 5.96 Å². The van der Waals surface area contributed by atoms with Crippen molar-refractivity contribution >= 4 is 17.9 Å². The van der Waals surface area contributed by atoms with Gasteiger partial charge in [0.25, 0.3) is 0 Å². The van der Waals surface area contributed by atoms with Gasteiger partial charge in [-0.05, 0) is 44.1 Å². The van der Waals surface area contributed by atoms with Crippen LogP contribution in [0.25, 0.3) is 0 Å². The molecule has 2 rings (SSSR count). The zero-order valence-electron chi connectivity index (χ0n) is 15.3. The lowest BCUT2D eigenvalue weighted by Crippen LogP contribution is -2.25. The van der Waals surface area contributed by atoms with E-state index in [1.54, 1.807) is 12.2 Å². The summed E-state index contributed by atoms with van der Waals surface area (Å²) in [7, 11) is 0. The molecule has 6 nitrogen and oxygen atoms in total. The maximum absolute atomic E-state index is 5.98. The van der Waals surface area contributed by atoms with Gasteiger partial charge in [-0.15, -0.1) is 6.58 Å². The Kier molecular flexibility index (Phi) is 8.59. The van der Waals surface area contributed by atoms with Gasteiger partial charge in [-0.3, -0.25) is 4.90 Å². The highest BCUT2D eigenvalue weighted by Crippen LogP contribution is 2.26. The van der Waals surface area contributed by atoms with Crippen molar-refractivity contribution in [2.45, 2.75) is 19.4 Å². The molecule has 2 N–H and O–H groups in total. The molecule has 0 bridgehead atoms. The minimum Gasteiger partial charge on any atom is -0.492 e. The summed E-state index contributed by atoms with van der Waals surface area (Å²) in [5.41, 5.74) is 7.40. The van der Waals surface area contributed by atoms with Crippen molar-refractivity contribution in [2.24, 2.45) is 15.7 Å². The average molecular weight is 356 g/mol. The first-order valence-corrected chi connectivity index (χ1v) is 8.89. The van der Waals surface area contributed by atoms with Gasteiger partial charge >= 0.3 is 0 Å². The quantitative estimate of drug-likeness (QED) is 0.303. The maximum atomic E-state index is 5.98. The van der Waals surface area contributed by atoms with E-state index < -0.39 is 0 Å². The molecule has 0 unspecified atom stereocenters. The van der Waals surface area contributed by atoms with E-state index >= 15 is 0 Å².